The number of hydrogen-bond donors (Lipinski definition) is 0. The summed E-state index contributed by atoms with van der Waals surface area (Å²) in [5.74, 6) is 0.430. The van der Waals surface area contributed by atoms with Crippen molar-refractivity contribution in [2.75, 3.05) is 6.54 Å². The average Bonchev–Trinajstić information content (AvgIpc) is 2.92. The second-order valence-electron chi connectivity index (χ2n) is 6.77. The lowest BCUT2D eigenvalue weighted by Crippen LogP contribution is -2.31. The van der Waals surface area contributed by atoms with Gasteiger partial charge >= 0.3 is 0 Å². The molecule has 6 heteroatoms. The van der Waals surface area contributed by atoms with Gasteiger partial charge in [0.25, 0.3) is 0 Å². The van der Waals surface area contributed by atoms with Crippen molar-refractivity contribution < 1.29 is 8.42 Å². The zero-order chi connectivity index (χ0) is 19.5. The van der Waals surface area contributed by atoms with E-state index in [2.05, 4.69) is 18.9 Å². The first-order valence-corrected chi connectivity index (χ1v) is 10.8. The van der Waals surface area contributed by atoms with Crippen LogP contribution in [0.1, 0.15) is 62.5 Å². The van der Waals surface area contributed by atoms with Gasteiger partial charge < -0.3 is 0 Å². The minimum absolute atomic E-state index is 0.351. The molecule has 0 aliphatic rings. The van der Waals surface area contributed by atoms with E-state index in [0.29, 0.717) is 23.9 Å². The molecule has 1 aromatic heterocycles. The smallest absolute Gasteiger partial charge is 0.243 e. The Morgan fingerprint density at radius 2 is 1.73 bits per heavy atom. The predicted molar refractivity (Wildman–Crippen MR) is 106 cm³/mol. The third-order valence-corrected chi connectivity index (χ3v) is 7.15. The minimum Gasteiger partial charge on any atom is -0.270 e. The quantitative estimate of drug-likeness (QED) is 0.691. The van der Waals surface area contributed by atoms with Gasteiger partial charge in [0, 0.05) is 30.9 Å². The number of hydrogen-bond acceptors (Lipinski definition) is 3. The maximum Gasteiger partial charge on any atom is 0.243 e. The second kappa shape index (κ2) is 8.35. The van der Waals surface area contributed by atoms with Crippen LogP contribution < -0.4 is 0 Å². The summed E-state index contributed by atoms with van der Waals surface area (Å²) in [4.78, 5) is 0.351. The van der Waals surface area contributed by atoms with Gasteiger partial charge in [-0.05, 0) is 50.8 Å². The van der Waals surface area contributed by atoms with Crippen LogP contribution in [0.25, 0.3) is 0 Å². The summed E-state index contributed by atoms with van der Waals surface area (Å²) in [6.07, 6.45) is 1.03. The molecule has 2 aromatic rings. The zero-order valence-corrected chi connectivity index (χ0v) is 17.6. The zero-order valence-electron chi connectivity index (χ0n) is 16.8. The highest BCUT2D eigenvalue weighted by Crippen LogP contribution is 2.24. The third kappa shape index (κ3) is 4.01. The monoisotopic (exact) mass is 377 g/mol. The molecule has 26 heavy (non-hydrogen) atoms. The lowest BCUT2D eigenvalue weighted by molar-refractivity contribution is 0.421. The highest BCUT2D eigenvalue weighted by molar-refractivity contribution is 7.89. The molecule has 1 unspecified atom stereocenters. The van der Waals surface area contributed by atoms with Crippen LogP contribution >= 0.6 is 0 Å². The molecule has 0 fully saturated rings. The van der Waals surface area contributed by atoms with E-state index in [4.69, 9.17) is 0 Å². The molecule has 0 aliphatic heterocycles. The Morgan fingerprint density at radius 1 is 1.12 bits per heavy atom. The van der Waals surface area contributed by atoms with Gasteiger partial charge in [-0.1, -0.05) is 32.9 Å². The van der Waals surface area contributed by atoms with Crippen molar-refractivity contribution in [2.45, 2.75) is 71.9 Å². The summed E-state index contributed by atoms with van der Waals surface area (Å²) in [6, 6.07) is 7.32. The van der Waals surface area contributed by atoms with Crippen LogP contribution in [0.5, 0.6) is 0 Å². The second-order valence-corrected chi connectivity index (χ2v) is 8.71. The van der Waals surface area contributed by atoms with Gasteiger partial charge in [0.1, 0.15) is 0 Å². The van der Waals surface area contributed by atoms with E-state index in [1.807, 2.05) is 44.5 Å². The molecule has 0 bridgehead atoms. The van der Waals surface area contributed by atoms with Gasteiger partial charge in [0.15, 0.2) is 0 Å². The summed E-state index contributed by atoms with van der Waals surface area (Å²) >= 11 is 0. The first-order chi connectivity index (χ1) is 12.3. The summed E-state index contributed by atoms with van der Waals surface area (Å²) in [5, 5.41) is 4.51. The number of benzene rings is 1. The molecule has 0 spiro atoms. The lowest BCUT2D eigenvalue weighted by atomic mass is 9.99. The third-order valence-electron chi connectivity index (χ3n) is 5.22. The number of sulfonamides is 1. The fourth-order valence-corrected chi connectivity index (χ4v) is 4.58. The number of nitrogens with zero attached hydrogens (tertiary/aromatic N) is 3. The Labute approximate surface area is 158 Å². The Bertz CT molecular complexity index is 839. The number of aromatic nitrogens is 2. The maximum absolute atomic E-state index is 13.1. The molecule has 0 N–H and O–H groups in total. The molecule has 1 aromatic carbocycles. The molecule has 1 atom stereocenters. The largest absolute Gasteiger partial charge is 0.270 e. The van der Waals surface area contributed by atoms with Crippen LogP contribution in [-0.4, -0.2) is 29.0 Å². The van der Waals surface area contributed by atoms with E-state index in [1.165, 1.54) is 9.87 Å². The molecule has 5 nitrogen and oxygen atoms in total. The molecule has 0 saturated heterocycles. The molecule has 1 heterocycles. The van der Waals surface area contributed by atoms with E-state index in [1.54, 1.807) is 12.1 Å². The van der Waals surface area contributed by atoms with E-state index in [-0.39, 0.29) is 0 Å². The highest BCUT2D eigenvalue weighted by Gasteiger charge is 2.25. The maximum atomic E-state index is 13.1. The minimum atomic E-state index is -3.53. The SMILES string of the molecule is CCC(C)c1ccc(S(=O)(=O)N(CC)Cc2c(C)nn(CC)c2C)cc1. The van der Waals surface area contributed by atoms with Gasteiger partial charge in [0.2, 0.25) is 10.0 Å². The van der Waals surface area contributed by atoms with Gasteiger partial charge in [-0.15, -0.1) is 0 Å². The fraction of sp³-hybridized carbons (Fsp3) is 0.550. The van der Waals surface area contributed by atoms with Crippen molar-refractivity contribution in [1.82, 2.24) is 14.1 Å². The van der Waals surface area contributed by atoms with E-state index >= 15 is 0 Å². The van der Waals surface area contributed by atoms with Crippen LogP contribution in [0, 0.1) is 13.8 Å². The molecule has 0 aliphatic carbocycles. The van der Waals surface area contributed by atoms with Crippen LogP contribution in [0.4, 0.5) is 0 Å². The molecular formula is C20H31N3O2S. The number of aryl methyl sites for hydroxylation is 2. The normalized spacial score (nSPS) is 13.3. The summed E-state index contributed by atoms with van der Waals surface area (Å²) in [7, 11) is -3.53. The average molecular weight is 378 g/mol. The predicted octanol–water partition coefficient (Wildman–Crippen LogP) is 4.24. The first kappa shape index (κ1) is 20.6. The van der Waals surface area contributed by atoms with E-state index in [0.717, 1.165) is 29.9 Å². The van der Waals surface area contributed by atoms with Gasteiger partial charge in [-0.2, -0.15) is 9.40 Å². The van der Waals surface area contributed by atoms with Crippen molar-refractivity contribution >= 4 is 10.0 Å². The van der Waals surface area contributed by atoms with Crippen LogP contribution in [0.15, 0.2) is 29.2 Å². The summed E-state index contributed by atoms with van der Waals surface area (Å²) in [6.45, 7) is 13.7. The standard InChI is InChI=1S/C20H31N3O2S/c1-7-15(4)18-10-12-19(13-11-18)26(24,25)22(8-2)14-20-16(5)21-23(9-3)17(20)6/h10-13,15H,7-9,14H2,1-6H3. The van der Waals surface area contributed by atoms with Crippen LogP contribution in [0.2, 0.25) is 0 Å². The van der Waals surface area contributed by atoms with Crippen molar-refractivity contribution in [1.29, 1.82) is 0 Å². The highest BCUT2D eigenvalue weighted by atomic mass is 32.2. The van der Waals surface area contributed by atoms with Crippen LogP contribution in [0.3, 0.4) is 0 Å². The van der Waals surface area contributed by atoms with Gasteiger partial charge in [-0.25, -0.2) is 8.42 Å². The van der Waals surface area contributed by atoms with Crippen LogP contribution in [-0.2, 0) is 23.1 Å². The lowest BCUT2D eigenvalue weighted by Gasteiger charge is -2.21. The van der Waals surface area contributed by atoms with Gasteiger partial charge in [-0.3, -0.25) is 4.68 Å². The topological polar surface area (TPSA) is 55.2 Å². The molecule has 144 valence electrons. The van der Waals surface area contributed by atoms with E-state index in [9.17, 15) is 8.42 Å². The van der Waals surface area contributed by atoms with Crippen molar-refractivity contribution in [3.05, 3.63) is 46.8 Å². The Balaban J connectivity index is 2.32. The first-order valence-electron chi connectivity index (χ1n) is 9.39. The summed E-state index contributed by atoms with van der Waals surface area (Å²) < 4.78 is 29.7. The van der Waals surface area contributed by atoms with Gasteiger partial charge in [0.05, 0.1) is 10.6 Å². The Kier molecular flexibility index (Phi) is 6.64. The molecule has 0 amide bonds. The Hall–Kier alpha value is -1.66. The molecule has 0 radical (unpaired) electrons. The molecule has 2 rings (SSSR count). The fourth-order valence-electron chi connectivity index (χ4n) is 3.17. The van der Waals surface area contributed by atoms with Crippen molar-refractivity contribution in [3.8, 4) is 0 Å². The Morgan fingerprint density at radius 3 is 2.19 bits per heavy atom. The summed E-state index contributed by atoms with van der Waals surface area (Å²) in [5.41, 5.74) is 4.09. The molecular weight excluding hydrogens is 346 g/mol. The van der Waals surface area contributed by atoms with Crippen molar-refractivity contribution in [3.63, 3.8) is 0 Å². The number of rotatable bonds is 8. The van der Waals surface area contributed by atoms with Crippen molar-refractivity contribution in [2.24, 2.45) is 0 Å². The van der Waals surface area contributed by atoms with E-state index < -0.39 is 10.0 Å². The molecule has 0 saturated carbocycles.